The fourth-order valence-electron chi connectivity index (χ4n) is 2.61. The molecule has 27 heavy (non-hydrogen) atoms. The zero-order valence-electron chi connectivity index (χ0n) is 16.3. The van der Waals surface area contributed by atoms with Gasteiger partial charge in [-0.25, -0.2) is 0 Å². The van der Waals surface area contributed by atoms with E-state index >= 15 is 0 Å². The van der Waals surface area contributed by atoms with Gasteiger partial charge >= 0.3 is 0 Å². The highest BCUT2D eigenvalue weighted by Crippen LogP contribution is 2.22. The average molecular weight is 367 g/mol. The molecule has 0 bridgehead atoms. The van der Waals surface area contributed by atoms with Crippen LogP contribution in [0.1, 0.15) is 59.0 Å². The summed E-state index contributed by atoms with van der Waals surface area (Å²) in [6.07, 6.45) is 0.665. The Morgan fingerprint density at radius 3 is 1.67 bits per heavy atom. The highest BCUT2D eigenvalue weighted by molar-refractivity contribution is 5.94. The minimum absolute atomic E-state index is 0.0673. The summed E-state index contributed by atoms with van der Waals surface area (Å²) in [5.74, 6) is -0.221. The summed E-state index contributed by atoms with van der Waals surface area (Å²) < 4.78 is 0. The number of amides is 2. The Balaban J connectivity index is 1.71. The average Bonchev–Trinajstić information content (AvgIpc) is 2.67. The third-order valence-electron chi connectivity index (χ3n) is 4.39. The van der Waals surface area contributed by atoms with Crippen molar-refractivity contribution in [1.82, 2.24) is 10.6 Å². The van der Waals surface area contributed by atoms with E-state index < -0.39 is 0 Å². The number of carbonyl (C=O) groups is 2. The molecule has 0 radical (unpaired) electrons. The van der Waals surface area contributed by atoms with Crippen molar-refractivity contribution in [2.45, 2.75) is 39.2 Å². The van der Waals surface area contributed by atoms with E-state index in [9.17, 15) is 9.59 Å². The molecular formula is C22H29N3O2. The summed E-state index contributed by atoms with van der Waals surface area (Å²) in [4.78, 5) is 24.2. The molecule has 0 saturated heterocycles. The molecule has 0 fully saturated rings. The first-order valence-corrected chi connectivity index (χ1v) is 9.27. The third kappa shape index (κ3) is 6.22. The van der Waals surface area contributed by atoms with Gasteiger partial charge in [0.15, 0.2) is 0 Å². The Labute approximate surface area is 161 Å². The van der Waals surface area contributed by atoms with Gasteiger partial charge in [-0.3, -0.25) is 9.59 Å². The number of hydrogen-bond acceptors (Lipinski definition) is 3. The lowest BCUT2D eigenvalue weighted by molar-refractivity contribution is 0.0951. The Morgan fingerprint density at radius 1 is 0.815 bits per heavy atom. The molecule has 0 aliphatic carbocycles. The highest BCUT2D eigenvalue weighted by Gasteiger charge is 2.14. The molecule has 0 atom stereocenters. The molecule has 0 aromatic heterocycles. The van der Waals surface area contributed by atoms with Crippen LogP contribution in [0.15, 0.2) is 48.5 Å². The van der Waals surface area contributed by atoms with Gasteiger partial charge in [-0.05, 0) is 47.2 Å². The van der Waals surface area contributed by atoms with Gasteiger partial charge in [-0.1, -0.05) is 45.0 Å². The molecule has 5 heteroatoms. The predicted molar refractivity (Wildman–Crippen MR) is 109 cm³/mol. The Bertz CT molecular complexity index is 760. The lowest BCUT2D eigenvalue weighted by Crippen LogP contribution is -2.30. The van der Waals surface area contributed by atoms with E-state index in [2.05, 4.69) is 31.4 Å². The molecular weight excluding hydrogens is 338 g/mol. The normalized spacial score (nSPS) is 11.1. The summed E-state index contributed by atoms with van der Waals surface area (Å²) in [7, 11) is 0. The van der Waals surface area contributed by atoms with Crippen molar-refractivity contribution in [3.8, 4) is 0 Å². The molecule has 2 amide bonds. The van der Waals surface area contributed by atoms with Gasteiger partial charge in [-0.2, -0.15) is 0 Å². The van der Waals surface area contributed by atoms with Crippen molar-refractivity contribution in [3.05, 3.63) is 70.8 Å². The van der Waals surface area contributed by atoms with Gasteiger partial charge in [0.2, 0.25) is 0 Å². The number of rotatable bonds is 7. The zero-order valence-corrected chi connectivity index (χ0v) is 16.3. The minimum atomic E-state index is -0.123. The van der Waals surface area contributed by atoms with Crippen LogP contribution >= 0.6 is 0 Å². The first-order valence-electron chi connectivity index (χ1n) is 9.27. The SMILES string of the molecule is CC(C)(C)c1ccc(C(=O)NCCCNC(=O)c2ccc(CN)cc2)cc1. The summed E-state index contributed by atoms with van der Waals surface area (Å²) in [5, 5.41) is 5.73. The van der Waals surface area contributed by atoms with Gasteiger partial charge < -0.3 is 16.4 Å². The topological polar surface area (TPSA) is 84.2 Å². The highest BCUT2D eigenvalue weighted by atomic mass is 16.2. The molecule has 2 aromatic rings. The molecule has 0 aliphatic rings. The van der Waals surface area contributed by atoms with E-state index in [0.717, 1.165) is 5.56 Å². The van der Waals surface area contributed by atoms with Gasteiger partial charge in [0.1, 0.15) is 0 Å². The predicted octanol–water partition coefficient (Wildman–Crippen LogP) is 2.99. The van der Waals surface area contributed by atoms with Crippen LogP contribution in [0.25, 0.3) is 0 Å². The number of carbonyl (C=O) groups excluding carboxylic acids is 2. The second kappa shape index (κ2) is 9.33. The van der Waals surface area contributed by atoms with Crippen LogP contribution in [0, 0.1) is 0 Å². The number of nitrogens with one attached hydrogen (secondary N) is 2. The number of nitrogens with two attached hydrogens (primary N) is 1. The largest absolute Gasteiger partial charge is 0.352 e. The fraction of sp³-hybridized carbons (Fsp3) is 0.364. The molecule has 0 heterocycles. The van der Waals surface area contributed by atoms with Crippen LogP contribution in [-0.4, -0.2) is 24.9 Å². The summed E-state index contributed by atoms with van der Waals surface area (Å²) in [6, 6.07) is 14.9. The Hall–Kier alpha value is -2.66. The number of hydrogen-bond donors (Lipinski definition) is 3. The molecule has 2 aromatic carbocycles. The molecule has 0 spiro atoms. The maximum atomic E-state index is 12.2. The van der Waals surface area contributed by atoms with E-state index in [1.165, 1.54) is 5.56 Å². The lowest BCUT2D eigenvalue weighted by atomic mass is 9.87. The van der Waals surface area contributed by atoms with E-state index in [1.54, 1.807) is 12.1 Å². The maximum Gasteiger partial charge on any atom is 0.251 e. The Kier molecular flexibility index (Phi) is 7.13. The molecule has 0 saturated carbocycles. The van der Waals surface area contributed by atoms with E-state index in [-0.39, 0.29) is 17.2 Å². The molecule has 0 aliphatic heterocycles. The molecule has 144 valence electrons. The second-order valence-corrected chi connectivity index (χ2v) is 7.59. The first-order chi connectivity index (χ1) is 12.8. The van der Waals surface area contributed by atoms with Crippen molar-refractivity contribution >= 4 is 11.8 Å². The monoisotopic (exact) mass is 367 g/mol. The van der Waals surface area contributed by atoms with Gasteiger partial charge in [0.05, 0.1) is 0 Å². The summed E-state index contributed by atoms with van der Waals surface area (Å²) in [5.41, 5.74) is 9.05. The van der Waals surface area contributed by atoms with Crippen molar-refractivity contribution in [1.29, 1.82) is 0 Å². The second-order valence-electron chi connectivity index (χ2n) is 7.59. The standard InChI is InChI=1S/C22H29N3O2/c1-22(2,3)19-11-9-18(10-12-19)21(27)25-14-4-13-24-20(26)17-7-5-16(15-23)6-8-17/h5-12H,4,13-15,23H2,1-3H3,(H,24,26)(H,25,27). The van der Waals surface area contributed by atoms with Crippen LogP contribution < -0.4 is 16.4 Å². The first kappa shape index (κ1) is 20.6. The van der Waals surface area contributed by atoms with Crippen molar-refractivity contribution < 1.29 is 9.59 Å². The summed E-state index contributed by atoms with van der Waals surface area (Å²) >= 11 is 0. The summed E-state index contributed by atoms with van der Waals surface area (Å²) in [6.45, 7) is 7.89. The zero-order chi connectivity index (χ0) is 19.9. The quantitative estimate of drug-likeness (QED) is 0.658. The van der Waals surface area contributed by atoms with E-state index in [1.807, 2.05) is 36.4 Å². The van der Waals surface area contributed by atoms with E-state index in [4.69, 9.17) is 5.73 Å². The van der Waals surface area contributed by atoms with Crippen molar-refractivity contribution in [3.63, 3.8) is 0 Å². The smallest absolute Gasteiger partial charge is 0.251 e. The van der Waals surface area contributed by atoms with Crippen LogP contribution in [0.2, 0.25) is 0 Å². The maximum absolute atomic E-state index is 12.2. The van der Waals surface area contributed by atoms with Crippen LogP contribution in [0.3, 0.4) is 0 Å². The molecule has 2 rings (SSSR count). The van der Waals surface area contributed by atoms with Crippen molar-refractivity contribution in [2.75, 3.05) is 13.1 Å². The van der Waals surface area contributed by atoms with Crippen LogP contribution in [-0.2, 0) is 12.0 Å². The van der Waals surface area contributed by atoms with E-state index in [0.29, 0.717) is 37.2 Å². The molecule has 0 unspecified atom stereocenters. The van der Waals surface area contributed by atoms with Gasteiger partial charge in [0, 0.05) is 30.8 Å². The van der Waals surface area contributed by atoms with Crippen LogP contribution in [0.4, 0.5) is 0 Å². The van der Waals surface area contributed by atoms with Crippen LogP contribution in [0.5, 0.6) is 0 Å². The molecule has 4 N–H and O–H groups in total. The Morgan fingerprint density at radius 2 is 1.26 bits per heavy atom. The van der Waals surface area contributed by atoms with Gasteiger partial charge in [0.25, 0.3) is 11.8 Å². The third-order valence-corrected chi connectivity index (χ3v) is 4.39. The number of benzene rings is 2. The fourth-order valence-corrected chi connectivity index (χ4v) is 2.61. The lowest BCUT2D eigenvalue weighted by Gasteiger charge is -2.19. The minimum Gasteiger partial charge on any atom is -0.352 e. The van der Waals surface area contributed by atoms with Gasteiger partial charge in [-0.15, -0.1) is 0 Å². The van der Waals surface area contributed by atoms with Crippen molar-refractivity contribution in [2.24, 2.45) is 5.73 Å². The molecule has 5 nitrogen and oxygen atoms in total.